The van der Waals surface area contributed by atoms with E-state index >= 15 is 0 Å². The number of hydrogen-bond acceptors (Lipinski definition) is 3. The molecule has 1 aliphatic rings. The van der Waals surface area contributed by atoms with Gasteiger partial charge >= 0.3 is 0 Å². The molecule has 7 heteroatoms. The first kappa shape index (κ1) is 23.5. The van der Waals surface area contributed by atoms with E-state index in [1.165, 1.54) is 10.7 Å². The number of nitrogens with zero attached hydrogens (tertiary/aromatic N) is 3. The number of aryl methyl sites for hydroxylation is 1. The molecule has 0 bridgehead atoms. The smallest absolute Gasteiger partial charge is 0.274 e. The molecule has 0 radical (unpaired) electrons. The van der Waals surface area contributed by atoms with Crippen molar-refractivity contribution >= 4 is 17.3 Å². The van der Waals surface area contributed by atoms with Gasteiger partial charge in [0.1, 0.15) is 17.6 Å². The Hall–Kier alpha value is -4.28. The third-order valence-electron chi connectivity index (χ3n) is 6.11. The summed E-state index contributed by atoms with van der Waals surface area (Å²) in [5, 5.41) is 7.12. The molecule has 0 aliphatic heterocycles. The lowest BCUT2D eigenvalue weighted by Gasteiger charge is -2.20. The number of carbonyl (C=O) groups excluding carboxylic acids is 1. The van der Waals surface area contributed by atoms with Gasteiger partial charge in [-0.2, -0.15) is 5.10 Å². The third kappa shape index (κ3) is 5.19. The Morgan fingerprint density at radius 1 is 1.11 bits per heavy atom. The summed E-state index contributed by atoms with van der Waals surface area (Å²) in [6.07, 6.45) is 1.96. The number of nitrogens with one attached hydrogen (secondary N) is 1. The minimum atomic E-state index is -0.543. The van der Waals surface area contributed by atoms with Gasteiger partial charge in [0, 0.05) is 0 Å². The lowest BCUT2D eigenvalue weighted by molar-refractivity contribution is 0.0718. The molecule has 1 heterocycles. The standard InChI is InChI=1S/C29H25FN4O2/c1-19-15-27(34(33-19)24-10-6-9-23(17-24)31-2)29(35)32-26-16-22(13-14-25(26)30)28(36-18-20-11-12-20)21-7-4-3-5-8-21/h3-10,13-17,20,28H,11-12,18H2,1H3,(H,32,35). The van der Waals surface area contributed by atoms with Gasteiger partial charge in [-0.05, 0) is 67.1 Å². The molecule has 0 spiro atoms. The molecule has 1 amide bonds. The van der Waals surface area contributed by atoms with Crippen LogP contribution in [-0.2, 0) is 4.74 Å². The van der Waals surface area contributed by atoms with Crippen molar-refractivity contribution in [3.8, 4) is 5.69 Å². The van der Waals surface area contributed by atoms with Crippen LogP contribution < -0.4 is 5.32 Å². The first-order valence-corrected chi connectivity index (χ1v) is 11.8. The molecule has 1 aromatic heterocycles. The van der Waals surface area contributed by atoms with Crippen LogP contribution in [0.2, 0.25) is 0 Å². The van der Waals surface area contributed by atoms with E-state index in [-0.39, 0.29) is 17.5 Å². The Kier molecular flexibility index (Phi) is 6.61. The second kappa shape index (κ2) is 10.1. The second-order valence-corrected chi connectivity index (χ2v) is 8.98. The number of carbonyl (C=O) groups is 1. The Bertz CT molecular complexity index is 1440. The number of anilines is 1. The zero-order valence-corrected chi connectivity index (χ0v) is 19.8. The van der Waals surface area contributed by atoms with Crippen LogP contribution in [0.15, 0.2) is 78.9 Å². The van der Waals surface area contributed by atoms with Crippen molar-refractivity contribution in [2.45, 2.75) is 25.9 Å². The van der Waals surface area contributed by atoms with Gasteiger partial charge < -0.3 is 10.1 Å². The molecule has 5 rings (SSSR count). The maximum Gasteiger partial charge on any atom is 0.274 e. The minimum absolute atomic E-state index is 0.0637. The minimum Gasteiger partial charge on any atom is -0.368 e. The van der Waals surface area contributed by atoms with Crippen LogP contribution in [0, 0.1) is 25.2 Å². The highest BCUT2D eigenvalue weighted by Gasteiger charge is 2.25. The maximum absolute atomic E-state index is 14.9. The average molecular weight is 481 g/mol. The fourth-order valence-electron chi connectivity index (χ4n) is 4.07. The Labute approximate surface area is 209 Å². The van der Waals surface area contributed by atoms with E-state index in [1.54, 1.807) is 49.4 Å². The molecule has 0 saturated heterocycles. The van der Waals surface area contributed by atoms with E-state index in [1.807, 2.05) is 30.3 Å². The highest BCUT2D eigenvalue weighted by molar-refractivity contribution is 6.03. The lowest BCUT2D eigenvalue weighted by Crippen LogP contribution is -2.18. The van der Waals surface area contributed by atoms with Crippen LogP contribution in [0.25, 0.3) is 10.5 Å². The summed E-state index contributed by atoms with van der Waals surface area (Å²) >= 11 is 0. The van der Waals surface area contributed by atoms with Crippen molar-refractivity contribution in [1.82, 2.24) is 9.78 Å². The third-order valence-corrected chi connectivity index (χ3v) is 6.11. The van der Waals surface area contributed by atoms with Gasteiger partial charge in [-0.15, -0.1) is 0 Å². The van der Waals surface area contributed by atoms with Crippen LogP contribution >= 0.6 is 0 Å². The van der Waals surface area contributed by atoms with Crippen molar-refractivity contribution < 1.29 is 13.9 Å². The predicted molar refractivity (Wildman–Crippen MR) is 136 cm³/mol. The molecule has 1 fully saturated rings. The predicted octanol–water partition coefficient (Wildman–Crippen LogP) is 6.64. The number of rotatable bonds is 8. The summed E-state index contributed by atoms with van der Waals surface area (Å²) in [7, 11) is 0. The fraction of sp³-hybridized carbons (Fsp3) is 0.207. The first-order chi connectivity index (χ1) is 17.5. The van der Waals surface area contributed by atoms with Crippen molar-refractivity contribution in [3.63, 3.8) is 0 Å². The van der Waals surface area contributed by atoms with Gasteiger partial charge in [-0.3, -0.25) is 4.79 Å². The summed E-state index contributed by atoms with van der Waals surface area (Å²) in [4.78, 5) is 16.7. The molecule has 4 aromatic rings. The number of ether oxygens (including phenoxy) is 1. The van der Waals surface area contributed by atoms with Gasteiger partial charge in [-0.25, -0.2) is 13.9 Å². The average Bonchev–Trinajstić information content (AvgIpc) is 3.65. The topological polar surface area (TPSA) is 60.5 Å². The summed E-state index contributed by atoms with van der Waals surface area (Å²) in [5.41, 5.74) is 3.67. The molecule has 180 valence electrons. The van der Waals surface area contributed by atoms with Crippen molar-refractivity contribution in [1.29, 1.82) is 0 Å². The summed E-state index contributed by atoms with van der Waals surface area (Å²) in [6, 6.07) is 22.9. The summed E-state index contributed by atoms with van der Waals surface area (Å²) in [5.74, 6) is -0.477. The van der Waals surface area contributed by atoms with Gasteiger partial charge in [-0.1, -0.05) is 48.5 Å². The normalized spacial score (nSPS) is 13.7. The highest BCUT2D eigenvalue weighted by Crippen LogP contribution is 2.34. The van der Waals surface area contributed by atoms with Crippen LogP contribution in [0.1, 0.15) is 46.3 Å². The SMILES string of the molecule is [C-]#[N+]c1cccc(-n2nc(C)cc2C(=O)Nc2cc(C(OCC3CC3)c3ccccc3)ccc2F)c1. The molecular weight excluding hydrogens is 455 g/mol. The molecule has 1 aliphatic carbocycles. The van der Waals surface area contributed by atoms with E-state index < -0.39 is 11.7 Å². The number of hydrogen-bond donors (Lipinski definition) is 1. The van der Waals surface area contributed by atoms with Gasteiger partial charge in [0.2, 0.25) is 0 Å². The Morgan fingerprint density at radius 2 is 1.92 bits per heavy atom. The quantitative estimate of drug-likeness (QED) is 0.288. The van der Waals surface area contributed by atoms with E-state index in [0.717, 1.165) is 24.0 Å². The molecule has 1 unspecified atom stereocenters. The molecule has 1 atom stereocenters. The molecule has 6 nitrogen and oxygen atoms in total. The molecule has 1 N–H and O–H groups in total. The fourth-order valence-corrected chi connectivity index (χ4v) is 4.07. The number of halogens is 1. The lowest BCUT2D eigenvalue weighted by atomic mass is 10.0. The van der Waals surface area contributed by atoms with E-state index in [4.69, 9.17) is 11.3 Å². The van der Waals surface area contributed by atoms with E-state index in [9.17, 15) is 9.18 Å². The number of amides is 1. The monoisotopic (exact) mass is 480 g/mol. The zero-order valence-electron chi connectivity index (χ0n) is 19.8. The van der Waals surface area contributed by atoms with Crippen LogP contribution in [0.3, 0.4) is 0 Å². The van der Waals surface area contributed by atoms with E-state index in [2.05, 4.69) is 15.3 Å². The Morgan fingerprint density at radius 3 is 2.67 bits per heavy atom. The van der Waals surface area contributed by atoms with Crippen LogP contribution in [-0.4, -0.2) is 22.3 Å². The summed E-state index contributed by atoms with van der Waals surface area (Å²) < 4.78 is 22.6. The Balaban J connectivity index is 1.44. The van der Waals surface area contributed by atoms with Gasteiger partial charge in [0.05, 0.1) is 30.2 Å². The van der Waals surface area contributed by atoms with Gasteiger partial charge in [0.15, 0.2) is 5.69 Å². The molecule has 1 saturated carbocycles. The van der Waals surface area contributed by atoms with Crippen molar-refractivity contribution in [3.05, 3.63) is 119 Å². The van der Waals surface area contributed by atoms with Gasteiger partial charge in [0.25, 0.3) is 5.91 Å². The number of aromatic nitrogens is 2. The van der Waals surface area contributed by atoms with Crippen LogP contribution in [0.4, 0.5) is 15.8 Å². The zero-order chi connectivity index (χ0) is 25.1. The molecule has 3 aromatic carbocycles. The molecule has 36 heavy (non-hydrogen) atoms. The van der Waals surface area contributed by atoms with E-state index in [0.29, 0.717) is 29.6 Å². The van der Waals surface area contributed by atoms with Crippen molar-refractivity contribution in [2.24, 2.45) is 5.92 Å². The number of benzene rings is 3. The first-order valence-electron chi connectivity index (χ1n) is 11.8. The van der Waals surface area contributed by atoms with Crippen LogP contribution in [0.5, 0.6) is 0 Å². The highest BCUT2D eigenvalue weighted by atomic mass is 19.1. The summed E-state index contributed by atoms with van der Waals surface area (Å²) in [6.45, 7) is 9.67. The second-order valence-electron chi connectivity index (χ2n) is 8.98. The maximum atomic E-state index is 14.9. The molecular formula is C29H25FN4O2. The van der Waals surface area contributed by atoms with Crippen molar-refractivity contribution in [2.75, 3.05) is 11.9 Å². The largest absolute Gasteiger partial charge is 0.368 e.